The number of nitrogens with one attached hydrogen (secondary N) is 1. The molecule has 34 heavy (non-hydrogen) atoms. The summed E-state index contributed by atoms with van der Waals surface area (Å²) in [5, 5.41) is 3.56. The summed E-state index contributed by atoms with van der Waals surface area (Å²) in [6.07, 6.45) is 6.11. The number of rotatable bonds is 7. The number of nitrogens with zero attached hydrogens (tertiary/aromatic N) is 2. The minimum absolute atomic E-state index is 0.0558. The fraction of sp³-hybridized carbons (Fsp3) is 0.704. The Balaban J connectivity index is 1.33. The molecule has 0 bridgehead atoms. The van der Waals surface area contributed by atoms with E-state index in [4.69, 9.17) is 9.47 Å². The summed E-state index contributed by atoms with van der Waals surface area (Å²) < 4.78 is 10.8. The van der Waals surface area contributed by atoms with Crippen LogP contribution in [0.15, 0.2) is 18.2 Å². The molecule has 7 nitrogen and oxygen atoms in total. The van der Waals surface area contributed by atoms with Crippen molar-refractivity contribution < 1.29 is 19.1 Å². The summed E-state index contributed by atoms with van der Waals surface area (Å²) in [6.45, 7) is 13.4. The maximum Gasteiger partial charge on any atom is 0.410 e. The Kier molecular flexibility index (Phi) is 9.09. The predicted molar refractivity (Wildman–Crippen MR) is 135 cm³/mol. The first kappa shape index (κ1) is 26.2. The molecule has 2 heterocycles. The number of hydrogen-bond acceptors (Lipinski definition) is 5. The molecule has 3 rings (SSSR count). The lowest BCUT2D eigenvalue weighted by Crippen LogP contribution is -2.39. The fourth-order valence-corrected chi connectivity index (χ4v) is 4.62. The van der Waals surface area contributed by atoms with E-state index in [1.54, 1.807) is 4.90 Å². The molecule has 0 radical (unpaired) electrons. The number of ether oxygens (including phenoxy) is 2. The van der Waals surface area contributed by atoms with Crippen molar-refractivity contribution >= 4 is 17.9 Å². The molecule has 1 aromatic carbocycles. The van der Waals surface area contributed by atoms with Gasteiger partial charge in [-0.2, -0.15) is 0 Å². The van der Waals surface area contributed by atoms with Crippen molar-refractivity contribution in [3.05, 3.63) is 29.3 Å². The monoisotopic (exact) mass is 473 g/mol. The highest BCUT2D eigenvalue weighted by Gasteiger charge is 2.26. The molecular formula is C27H43N3O4. The van der Waals surface area contributed by atoms with Crippen LogP contribution < -0.4 is 5.32 Å². The van der Waals surface area contributed by atoms with Gasteiger partial charge in [0.15, 0.2) is 0 Å². The van der Waals surface area contributed by atoms with Gasteiger partial charge < -0.3 is 24.6 Å². The minimum atomic E-state index is -0.468. The van der Waals surface area contributed by atoms with E-state index in [9.17, 15) is 9.59 Å². The molecule has 1 N–H and O–H groups in total. The highest BCUT2D eigenvalue weighted by atomic mass is 16.6. The zero-order chi connectivity index (χ0) is 24.7. The molecule has 1 saturated heterocycles. The Morgan fingerprint density at radius 2 is 1.76 bits per heavy atom. The van der Waals surface area contributed by atoms with Crippen LogP contribution in [-0.2, 0) is 22.4 Å². The van der Waals surface area contributed by atoms with Crippen molar-refractivity contribution in [3.8, 4) is 0 Å². The van der Waals surface area contributed by atoms with E-state index in [1.807, 2.05) is 39.5 Å². The van der Waals surface area contributed by atoms with Crippen LogP contribution in [0.25, 0.3) is 0 Å². The number of fused-ring (bicyclic) bond motifs is 1. The van der Waals surface area contributed by atoms with Gasteiger partial charge in [-0.15, -0.1) is 0 Å². The van der Waals surface area contributed by atoms with Crippen LogP contribution in [0, 0.1) is 5.92 Å². The van der Waals surface area contributed by atoms with Crippen LogP contribution in [0.3, 0.4) is 0 Å². The molecule has 2 amide bonds. The van der Waals surface area contributed by atoms with Crippen LogP contribution in [0.4, 0.5) is 15.3 Å². The second kappa shape index (κ2) is 11.8. The molecule has 0 unspecified atom stereocenters. The topological polar surface area (TPSA) is 71.1 Å². The highest BCUT2D eigenvalue weighted by molar-refractivity contribution is 5.69. The molecule has 1 aromatic rings. The van der Waals surface area contributed by atoms with Gasteiger partial charge in [-0.05, 0) is 89.5 Å². The van der Waals surface area contributed by atoms with Gasteiger partial charge in [-0.1, -0.05) is 18.9 Å². The summed E-state index contributed by atoms with van der Waals surface area (Å²) in [6, 6.07) is 6.48. The fourth-order valence-electron chi connectivity index (χ4n) is 4.62. The first-order valence-electron chi connectivity index (χ1n) is 12.9. The number of likely N-dealkylation sites (tertiary alicyclic amines) is 1. The van der Waals surface area contributed by atoms with Crippen LogP contribution in [0.5, 0.6) is 0 Å². The quantitative estimate of drug-likeness (QED) is 0.505. The van der Waals surface area contributed by atoms with Crippen molar-refractivity contribution in [1.82, 2.24) is 9.80 Å². The zero-order valence-corrected chi connectivity index (χ0v) is 21.7. The molecule has 0 aliphatic carbocycles. The first-order chi connectivity index (χ1) is 16.1. The molecule has 2 aliphatic heterocycles. The molecule has 0 aromatic heterocycles. The van der Waals surface area contributed by atoms with Crippen LogP contribution in [0.1, 0.15) is 77.8 Å². The van der Waals surface area contributed by atoms with E-state index >= 15 is 0 Å². The molecule has 0 atom stereocenters. The number of carbonyl (C=O) groups is 2. The van der Waals surface area contributed by atoms with Gasteiger partial charge in [-0.25, -0.2) is 9.59 Å². The lowest BCUT2D eigenvalue weighted by Gasteiger charge is -2.32. The molecule has 0 saturated carbocycles. The maximum absolute atomic E-state index is 12.4. The molecule has 1 fully saturated rings. The van der Waals surface area contributed by atoms with Gasteiger partial charge in [0.1, 0.15) is 5.60 Å². The summed E-state index contributed by atoms with van der Waals surface area (Å²) in [5.41, 5.74) is 3.20. The molecule has 190 valence electrons. The van der Waals surface area contributed by atoms with E-state index in [1.165, 1.54) is 24.0 Å². The third kappa shape index (κ3) is 8.10. The van der Waals surface area contributed by atoms with Crippen molar-refractivity contribution in [2.24, 2.45) is 5.92 Å². The Hall–Kier alpha value is -2.44. The molecule has 7 heteroatoms. The van der Waals surface area contributed by atoms with Gasteiger partial charge >= 0.3 is 12.2 Å². The smallest absolute Gasteiger partial charge is 0.410 e. The predicted octanol–water partition coefficient (Wildman–Crippen LogP) is 5.82. The van der Waals surface area contributed by atoms with Crippen LogP contribution in [-0.4, -0.2) is 59.9 Å². The normalized spacial score (nSPS) is 16.9. The van der Waals surface area contributed by atoms with Gasteiger partial charge in [0.05, 0.1) is 6.10 Å². The minimum Gasteiger partial charge on any atom is -0.447 e. The van der Waals surface area contributed by atoms with Crippen molar-refractivity contribution in [2.75, 3.05) is 31.5 Å². The van der Waals surface area contributed by atoms with E-state index in [2.05, 4.69) is 23.5 Å². The first-order valence-corrected chi connectivity index (χ1v) is 12.9. The van der Waals surface area contributed by atoms with E-state index in [0.717, 1.165) is 51.0 Å². The third-order valence-corrected chi connectivity index (χ3v) is 6.45. The van der Waals surface area contributed by atoms with E-state index in [0.29, 0.717) is 19.0 Å². The third-order valence-electron chi connectivity index (χ3n) is 6.45. The Morgan fingerprint density at radius 1 is 1.03 bits per heavy atom. The van der Waals surface area contributed by atoms with Gasteiger partial charge in [-0.3, -0.25) is 0 Å². The Bertz CT molecular complexity index is 826. The van der Waals surface area contributed by atoms with E-state index < -0.39 is 5.60 Å². The summed E-state index contributed by atoms with van der Waals surface area (Å²) >= 11 is 0. The number of piperidine rings is 1. The molecule has 0 spiro atoms. The Labute approximate surface area is 205 Å². The van der Waals surface area contributed by atoms with Crippen molar-refractivity contribution in [3.63, 3.8) is 0 Å². The molecule has 2 aliphatic rings. The number of unbranched alkanes of at least 4 members (excludes halogenated alkanes) is 1. The number of anilines is 1. The number of benzene rings is 1. The average Bonchev–Trinajstić information content (AvgIpc) is 2.77. The number of carbonyl (C=O) groups excluding carboxylic acids is 2. The summed E-state index contributed by atoms with van der Waals surface area (Å²) in [4.78, 5) is 28.0. The molecular weight excluding hydrogens is 430 g/mol. The van der Waals surface area contributed by atoms with Crippen molar-refractivity contribution in [1.29, 1.82) is 0 Å². The van der Waals surface area contributed by atoms with Crippen LogP contribution in [0.2, 0.25) is 0 Å². The maximum atomic E-state index is 12.4. The standard InChI is InChI=1S/C27H43N3O4/c1-20(2)33-25(31)29-15-11-21(12-16-29)8-6-7-14-28-24-10-9-23-19-30(17-13-22(23)18-24)26(32)34-27(3,4)5/h9-10,18,20-21,28H,6-8,11-17,19H2,1-5H3. The number of amides is 2. The summed E-state index contributed by atoms with van der Waals surface area (Å²) in [5.74, 6) is 0.708. The van der Waals surface area contributed by atoms with Crippen LogP contribution >= 0.6 is 0 Å². The van der Waals surface area contributed by atoms with Gasteiger partial charge in [0.25, 0.3) is 0 Å². The second-order valence-corrected chi connectivity index (χ2v) is 10.9. The van der Waals surface area contributed by atoms with E-state index in [-0.39, 0.29) is 18.3 Å². The lowest BCUT2D eigenvalue weighted by molar-refractivity contribution is 0.0224. The highest BCUT2D eigenvalue weighted by Crippen LogP contribution is 2.25. The SMILES string of the molecule is CC(C)OC(=O)N1CCC(CCCCNc2ccc3c(c2)CCN(C(=O)OC(C)(C)C)C3)CC1. The van der Waals surface area contributed by atoms with Gasteiger partial charge in [0.2, 0.25) is 0 Å². The van der Waals surface area contributed by atoms with Gasteiger partial charge in [0, 0.05) is 38.4 Å². The van der Waals surface area contributed by atoms with Crippen molar-refractivity contribution in [2.45, 2.75) is 91.4 Å². The number of hydrogen-bond donors (Lipinski definition) is 1. The average molecular weight is 474 g/mol. The second-order valence-electron chi connectivity index (χ2n) is 10.9. The lowest BCUT2D eigenvalue weighted by atomic mass is 9.92. The summed E-state index contributed by atoms with van der Waals surface area (Å²) in [7, 11) is 0. The Morgan fingerprint density at radius 3 is 2.44 bits per heavy atom. The zero-order valence-electron chi connectivity index (χ0n) is 21.7. The largest absolute Gasteiger partial charge is 0.447 e.